The minimum absolute atomic E-state index is 0.136. The molecule has 0 unspecified atom stereocenters. The fraction of sp³-hybridized carbons (Fsp3) is 0.429. The molecule has 0 saturated carbocycles. The second-order valence-electron chi connectivity index (χ2n) is 4.53. The SMILES string of the molecule is O=C(CSC(=S)N1CCCCC1)c1ccc(Br)cc1. The molecule has 0 spiro atoms. The molecule has 0 N–H and O–H groups in total. The van der Waals surface area contributed by atoms with Crippen molar-refractivity contribution < 1.29 is 4.79 Å². The largest absolute Gasteiger partial charge is 0.358 e. The van der Waals surface area contributed by atoms with E-state index in [1.54, 1.807) is 0 Å². The lowest BCUT2D eigenvalue weighted by atomic mass is 10.1. The number of hydrogen-bond acceptors (Lipinski definition) is 3. The van der Waals surface area contributed by atoms with Crippen LogP contribution in [0, 0.1) is 0 Å². The van der Waals surface area contributed by atoms with Crippen molar-refractivity contribution in [2.75, 3.05) is 18.8 Å². The summed E-state index contributed by atoms with van der Waals surface area (Å²) in [5.41, 5.74) is 0.747. The number of halogens is 1. The third kappa shape index (κ3) is 4.58. The number of benzene rings is 1. The molecular formula is C14H16BrNOS2. The van der Waals surface area contributed by atoms with Crippen molar-refractivity contribution in [3.05, 3.63) is 34.3 Å². The lowest BCUT2D eigenvalue weighted by molar-refractivity contribution is 0.102. The summed E-state index contributed by atoms with van der Waals surface area (Å²) in [6.07, 6.45) is 3.71. The van der Waals surface area contributed by atoms with E-state index in [-0.39, 0.29) is 5.78 Å². The molecule has 0 atom stereocenters. The van der Waals surface area contributed by atoms with E-state index in [0.29, 0.717) is 5.75 Å². The van der Waals surface area contributed by atoms with E-state index in [1.807, 2.05) is 24.3 Å². The van der Waals surface area contributed by atoms with Gasteiger partial charge in [0.25, 0.3) is 0 Å². The monoisotopic (exact) mass is 357 g/mol. The number of carbonyl (C=O) groups excluding carboxylic acids is 1. The first-order valence-corrected chi connectivity index (χ1v) is 8.56. The van der Waals surface area contributed by atoms with E-state index in [1.165, 1.54) is 31.0 Å². The number of Topliss-reactive ketones (excluding diaryl/α,β-unsaturated/α-hetero) is 1. The zero-order valence-electron chi connectivity index (χ0n) is 10.6. The molecule has 19 heavy (non-hydrogen) atoms. The first-order valence-electron chi connectivity index (χ1n) is 6.37. The Morgan fingerprint density at radius 3 is 2.47 bits per heavy atom. The second-order valence-corrected chi connectivity index (χ2v) is 7.06. The normalized spacial score (nSPS) is 15.3. The molecule has 2 rings (SSSR count). The molecule has 102 valence electrons. The third-order valence-corrected chi connectivity index (χ3v) is 5.16. The molecule has 2 nitrogen and oxygen atoms in total. The van der Waals surface area contributed by atoms with Gasteiger partial charge in [0.2, 0.25) is 0 Å². The molecule has 1 aromatic carbocycles. The van der Waals surface area contributed by atoms with Crippen molar-refractivity contribution in [3.8, 4) is 0 Å². The molecule has 0 aliphatic carbocycles. The molecule has 1 heterocycles. The highest BCUT2D eigenvalue weighted by Crippen LogP contribution is 2.18. The van der Waals surface area contributed by atoms with E-state index in [2.05, 4.69) is 20.8 Å². The van der Waals surface area contributed by atoms with Crippen LogP contribution in [0.15, 0.2) is 28.7 Å². The van der Waals surface area contributed by atoms with Gasteiger partial charge < -0.3 is 4.90 Å². The molecule has 0 bridgehead atoms. The number of carbonyl (C=O) groups is 1. The molecule has 0 amide bonds. The van der Waals surface area contributed by atoms with Gasteiger partial charge in [-0.2, -0.15) is 0 Å². The maximum atomic E-state index is 12.0. The molecular weight excluding hydrogens is 342 g/mol. The van der Waals surface area contributed by atoms with Crippen LogP contribution in [0.5, 0.6) is 0 Å². The first-order chi connectivity index (χ1) is 9.16. The van der Waals surface area contributed by atoms with E-state index >= 15 is 0 Å². The van der Waals surface area contributed by atoms with Crippen LogP contribution in [0.2, 0.25) is 0 Å². The first kappa shape index (κ1) is 15.0. The van der Waals surface area contributed by atoms with Crippen LogP contribution in [0.4, 0.5) is 0 Å². The summed E-state index contributed by atoms with van der Waals surface area (Å²) < 4.78 is 1.85. The summed E-state index contributed by atoms with van der Waals surface area (Å²) in [5, 5.41) is 0. The van der Waals surface area contributed by atoms with Crippen LogP contribution in [-0.4, -0.2) is 33.8 Å². The van der Waals surface area contributed by atoms with Gasteiger partial charge in [0.1, 0.15) is 4.32 Å². The van der Waals surface area contributed by atoms with Gasteiger partial charge in [-0.25, -0.2) is 0 Å². The van der Waals surface area contributed by atoms with Gasteiger partial charge >= 0.3 is 0 Å². The Hall–Kier alpha value is -0.390. The average Bonchev–Trinajstić information content (AvgIpc) is 2.46. The predicted molar refractivity (Wildman–Crippen MR) is 89.0 cm³/mol. The smallest absolute Gasteiger partial charge is 0.173 e. The number of likely N-dealkylation sites (tertiary alicyclic amines) is 1. The summed E-state index contributed by atoms with van der Waals surface area (Å²) in [6.45, 7) is 2.08. The maximum Gasteiger partial charge on any atom is 0.173 e. The standard InChI is InChI=1S/C14H16BrNOS2/c15-12-6-4-11(5-7-12)13(17)10-19-14(18)16-8-2-1-3-9-16/h4-7H,1-3,8-10H2. The van der Waals surface area contributed by atoms with Crippen molar-refractivity contribution in [1.29, 1.82) is 0 Å². The van der Waals surface area contributed by atoms with Crippen LogP contribution in [-0.2, 0) is 0 Å². The fourth-order valence-electron chi connectivity index (χ4n) is 2.01. The number of rotatable bonds is 3. The second kappa shape index (κ2) is 7.41. The summed E-state index contributed by atoms with van der Waals surface area (Å²) in [5.74, 6) is 0.564. The third-order valence-electron chi connectivity index (χ3n) is 3.11. The molecule has 1 aliphatic rings. The Bertz CT molecular complexity index is 455. The van der Waals surface area contributed by atoms with Gasteiger partial charge in [-0.1, -0.05) is 52.0 Å². The maximum absolute atomic E-state index is 12.0. The lowest BCUT2D eigenvalue weighted by Crippen LogP contribution is -2.33. The molecule has 1 fully saturated rings. The van der Waals surface area contributed by atoms with Crippen molar-refractivity contribution in [2.24, 2.45) is 0 Å². The van der Waals surface area contributed by atoms with Crippen LogP contribution >= 0.6 is 39.9 Å². The summed E-state index contributed by atoms with van der Waals surface area (Å²) in [6, 6.07) is 7.47. The highest BCUT2D eigenvalue weighted by molar-refractivity contribution is 9.10. The minimum atomic E-state index is 0.136. The number of piperidine rings is 1. The molecule has 1 aliphatic heterocycles. The molecule has 1 saturated heterocycles. The fourth-order valence-corrected chi connectivity index (χ4v) is 3.42. The highest BCUT2D eigenvalue weighted by Gasteiger charge is 2.15. The average molecular weight is 358 g/mol. The van der Waals surface area contributed by atoms with Crippen LogP contribution in [0.3, 0.4) is 0 Å². The zero-order valence-corrected chi connectivity index (χ0v) is 13.8. The van der Waals surface area contributed by atoms with E-state index < -0.39 is 0 Å². The van der Waals surface area contributed by atoms with Crippen LogP contribution < -0.4 is 0 Å². The Morgan fingerprint density at radius 2 is 1.84 bits per heavy atom. The summed E-state index contributed by atoms with van der Waals surface area (Å²) >= 11 is 10.2. The van der Waals surface area contributed by atoms with Gasteiger partial charge in [0.15, 0.2) is 5.78 Å². The summed E-state index contributed by atoms with van der Waals surface area (Å²) in [4.78, 5) is 14.2. The highest BCUT2D eigenvalue weighted by atomic mass is 79.9. The Labute approximate surface area is 132 Å². The van der Waals surface area contributed by atoms with Gasteiger partial charge in [0.05, 0.1) is 5.75 Å². The number of ketones is 1. The quantitative estimate of drug-likeness (QED) is 0.598. The Kier molecular flexibility index (Phi) is 5.85. The van der Waals surface area contributed by atoms with Crippen molar-refractivity contribution >= 4 is 50.0 Å². The molecule has 1 aromatic rings. The number of thioether (sulfide) groups is 1. The number of nitrogens with zero attached hydrogens (tertiary/aromatic N) is 1. The Morgan fingerprint density at radius 1 is 1.21 bits per heavy atom. The van der Waals surface area contributed by atoms with E-state index in [0.717, 1.165) is 27.4 Å². The van der Waals surface area contributed by atoms with E-state index in [9.17, 15) is 4.79 Å². The zero-order chi connectivity index (χ0) is 13.7. The van der Waals surface area contributed by atoms with E-state index in [4.69, 9.17) is 12.2 Å². The topological polar surface area (TPSA) is 20.3 Å². The molecule has 0 radical (unpaired) electrons. The van der Waals surface area contributed by atoms with Crippen molar-refractivity contribution in [2.45, 2.75) is 19.3 Å². The molecule has 0 aromatic heterocycles. The summed E-state index contributed by atoms with van der Waals surface area (Å²) in [7, 11) is 0. The number of hydrogen-bond donors (Lipinski definition) is 0. The lowest BCUT2D eigenvalue weighted by Gasteiger charge is -2.28. The van der Waals surface area contributed by atoms with Crippen LogP contribution in [0.1, 0.15) is 29.6 Å². The van der Waals surface area contributed by atoms with Gasteiger partial charge in [-0.15, -0.1) is 0 Å². The van der Waals surface area contributed by atoms with Gasteiger partial charge in [-0.05, 0) is 31.4 Å². The van der Waals surface area contributed by atoms with Crippen molar-refractivity contribution in [1.82, 2.24) is 4.90 Å². The van der Waals surface area contributed by atoms with Gasteiger partial charge in [-0.3, -0.25) is 4.79 Å². The molecule has 5 heteroatoms. The van der Waals surface area contributed by atoms with Crippen molar-refractivity contribution in [3.63, 3.8) is 0 Å². The minimum Gasteiger partial charge on any atom is -0.358 e. The number of thiocarbonyl (C=S) groups is 1. The predicted octanol–water partition coefficient (Wildman–Crippen LogP) is 4.14. The Balaban J connectivity index is 1.82. The van der Waals surface area contributed by atoms with Gasteiger partial charge in [0, 0.05) is 23.1 Å². The van der Waals surface area contributed by atoms with Crippen LogP contribution in [0.25, 0.3) is 0 Å².